The minimum atomic E-state index is -0.527. The number of Topliss-reactive ketones (excluding diaryl/α,β-unsaturated/α-hetero) is 1. The van der Waals surface area contributed by atoms with Crippen LogP contribution in [0.1, 0.15) is 64.9 Å². The molecule has 5 heteroatoms. The number of dihydropyridines is 1. The molecule has 0 saturated carbocycles. The molecule has 1 atom stereocenters. The quantitative estimate of drug-likeness (QED) is 0.584. The van der Waals surface area contributed by atoms with Gasteiger partial charge >= 0.3 is 5.97 Å². The van der Waals surface area contributed by atoms with Crippen molar-refractivity contribution in [1.82, 2.24) is 5.32 Å². The maximum absolute atomic E-state index is 13.1. The normalized spacial score (nSPS) is 21.3. The smallest absolute Gasteiger partial charge is 0.336 e. The van der Waals surface area contributed by atoms with Crippen LogP contribution in [0.2, 0.25) is 0 Å². The summed E-state index contributed by atoms with van der Waals surface area (Å²) in [6.45, 7) is 8.39. The van der Waals surface area contributed by atoms with Crippen LogP contribution in [0.25, 0.3) is 0 Å². The molecule has 0 unspecified atom stereocenters. The molecule has 0 spiro atoms. The van der Waals surface area contributed by atoms with E-state index in [9.17, 15) is 14.7 Å². The van der Waals surface area contributed by atoms with Gasteiger partial charge in [0.25, 0.3) is 0 Å². The fourth-order valence-corrected chi connectivity index (χ4v) is 4.13. The second kappa shape index (κ2) is 7.82. The molecule has 5 nitrogen and oxygen atoms in total. The van der Waals surface area contributed by atoms with Crippen molar-refractivity contribution >= 4 is 11.8 Å². The van der Waals surface area contributed by atoms with E-state index in [0.717, 1.165) is 30.5 Å². The maximum atomic E-state index is 13.1. The molecule has 1 aliphatic heterocycles. The summed E-state index contributed by atoms with van der Waals surface area (Å²) in [6.07, 6.45) is 2.89. The number of carbonyl (C=O) groups is 2. The van der Waals surface area contributed by atoms with E-state index in [1.54, 1.807) is 18.2 Å². The molecule has 150 valence electrons. The molecule has 0 radical (unpaired) electrons. The van der Waals surface area contributed by atoms with E-state index in [4.69, 9.17) is 4.74 Å². The Hall–Kier alpha value is -2.56. The topological polar surface area (TPSA) is 75.6 Å². The molecule has 2 N–H and O–H groups in total. The van der Waals surface area contributed by atoms with Crippen LogP contribution >= 0.6 is 0 Å². The van der Waals surface area contributed by atoms with Crippen molar-refractivity contribution in [2.24, 2.45) is 5.41 Å². The Balaban J connectivity index is 2.09. The molecule has 1 heterocycles. The Morgan fingerprint density at radius 3 is 2.75 bits per heavy atom. The Bertz CT molecular complexity index is 863. The van der Waals surface area contributed by atoms with E-state index < -0.39 is 11.9 Å². The number of ketones is 1. The highest BCUT2D eigenvalue weighted by Gasteiger charge is 2.43. The van der Waals surface area contributed by atoms with Gasteiger partial charge in [-0.1, -0.05) is 39.3 Å². The highest BCUT2D eigenvalue weighted by atomic mass is 16.5. The zero-order valence-corrected chi connectivity index (χ0v) is 17.1. The third-order valence-electron chi connectivity index (χ3n) is 5.39. The number of esters is 1. The molecular formula is C23H29NO4. The van der Waals surface area contributed by atoms with Gasteiger partial charge in [0.2, 0.25) is 0 Å². The van der Waals surface area contributed by atoms with Gasteiger partial charge in [-0.25, -0.2) is 4.79 Å². The Morgan fingerprint density at radius 1 is 1.32 bits per heavy atom. The van der Waals surface area contributed by atoms with Gasteiger partial charge in [-0.05, 0) is 42.9 Å². The van der Waals surface area contributed by atoms with Crippen molar-refractivity contribution in [3.8, 4) is 5.75 Å². The Kier molecular flexibility index (Phi) is 5.64. The van der Waals surface area contributed by atoms with E-state index in [2.05, 4.69) is 19.2 Å². The molecule has 1 aromatic carbocycles. The molecule has 1 aliphatic carbocycles. The van der Waals surface area contributed by atoms with Crippen LogP contribution < -0.4 is 5.32 Å². The standard InChI is InChI=1S/C23H29NO4/c1-5-6-10-28-22(27)19-14(2)24-17-12-23(3,4)13-18(26)21(17)20(19)15-8-7-9-16(25)11-15/h7-9,11,20,24-25H,5-6,10,12-13H2,1-4H3/t20-/m0/s1. The van der Waals surface area contributed by atoms with Gasteiger partial charge in [0.05, 0.1) is 12.2 Å². The van der Waals surface area contributed by atoms with Gasteiger partial charge in [0.1, 0.15) is 5.75 Å². The number of benzene rings is 1. The van der Waals surface area contributed by atoms with Crippen molar-refractivity contribution in [2.75, 3.05) is 6.61 Å². The zero-order chi connectivity index (χ0) is 20.5. The lowest BCUT2D eigenvalue weighted by atomic mass is 9.68. The number of hydrogen-bond acceptors (Lipinski definition) is 5. The molecule has 0 amide bonds. The van der Waals surface area contributed by atoms with E-state index in [1.807, 2.05) is 19.9 Å². The fourth-order valence-electron chi connectivity index (χ4n) is 4.13. The molecule has 0 bridgehead atoms. The van der Waals surface area contributed by atoms with Gasteiger partial charge < -0.3 is 15.2 Å². The van der Waals surface area contributed by atoms with E-state index in [0.29, 0.717) is 29.9 Å². The van der Waals surface area contributed by atoms with Gasteiger partial charge in [0, 0.05) is 29.3 Å². The zero-order valence-electron chi connectivity index (χ0n) is 17.1. The van der Waals surface area contributed by atoms with Crippen LogP contribution in [0.15, 0.2) is 46.8 Å². The molecule has 0 aromatic heterocycles. The van der Waals surface area contributed by atoms with Gasteiger partial charge in [-0.3, -0.25) is 4.79 Å². The molecule has 0 saturated heterocycles. The summed E-state index contributed by atoms with van der Waals surface area (Å²) in [5, 5.41) is 13.3. The average molecular weight is 383 g/mol. The third kappa shape index (κ3) is 3.98. The number of phenolic OH excluding ortho intramolecular Hbond substituents is 1. The highest BCUT2D eigenvalue weighted by molar-refractivity contribution is 6.04. The number of hydrogen-bond donors (Lipinski definition) is 2. The van der Waals surface area contributed by atoms with Crippen LogP contribution in [0, 0.1) is 5.41 Å². The maximum Gasteiger partial charge on any atom is 0.336 e. The lowest BCUT2D eigenvalue weighted by molar-refractivity contribution is -0.139. The summed E-state index contributed by atoms with van der Waals surface area (Å²) >= 11 is 0. The number of unbranched alkanes of at least 4 members (excludes halogenated alkanes) is 1. The first kappa shape index (κ1) is 20.2. The third-order valence-corrected chi connectivity index (χ3v) is 5.39. The number of phenols is 1. The molecular weight excluding hydrogens is 354 g/mol. The molecule has 28 heavy (non-hydrogen) atoms. The summed E-state index contributed by atoms with van der Waals surface area (Å²) in [6, 6.07) is 6.79. The highest BCUT2D eigenvalue weighted by Crippen LogP contribution is 2.47. The number of carbonyl (C=O) groups excluding carboxylic acids is 2. The lowest BCUT2D eigenvalue weighted by Gasteiger charge is -2.39. The van der Waals surface area contributed by atoms with Gasteiger partial charge in [-0.15, -0.1) is 0 Å². The van der Waals surface area contributed by atoms with E-state index in [-0.39, 0.29) is 16.9 Å². The summed E-state index contributed by atoms with van der Waals surface area (Å²) in [4.78, 5) is 26.1. The predicted molar refractivity (Wildman–Crippen MR) is 108 cm³/mol. The van der Waals surface area contributed by atoms with Crippen molar-refractivity contribution in [1.29, 1.82) is 0 Å². The number of ether oxygens (including phenoxy) is 1. The van der Waals surface area contributed by atoms with Gasteiger partial charge in [0.15, 0.2) is 5.78 Å². The second-order valence-corrected chi connectivity index (χ2v) is 8.51. The van der Waals surface area contributed by atoms with Crippen molar-refractivity contribution < 1.29 is 19.4 Å². The van der Waals surface area contributed by atoms with E-state index >= 15 is 0 Å². The monoisotopic (exact) mass is 383 g/mol. The lowest BCUT2D eigenvalue weighted by Crippen LogP contribution is -2.38. The minimum absolute atomic E-state index is 0.0402. The SMILES string of the molecule is CCCCOC(=O)C1=C(C)NC2=C(C(=O)CC(C)(C)C2)[C@H]1c1cccc(O)c1. The summed E-state index contributed by atoms with van der Waals surface area (Å²) < 4.78 is 5.50. The minimum Gasteiger partial charge on any atom is -0.508 e. The summed E-state index contributed by atoms with van der Waals surface area (Å²) in [5.74, 6) is -0.784. The summed E-state index contributed by atoms with van der Waals surface area (Å²) in [5.41, 5.74) is 3.25. The van der Waals surface area contributed by atoms with Crippen LogP contribution in [-0.4, -0.2) is 23.5 Å². The van der Waals surface area contributed by atoms with Crippen LogP contribution in [0.3, 0.4) is 0 Å². The van der Waals surface area contributed by atoms with Crippen molar-refractivity contribution in [3.63, 3.8) is 0 Å². The average Bonchev–Trinajstić information content (AvgIpc) is 2.59. The van der Waals surface area contributed by atoms with Crippen molar-refractivity contribution in [3.05, 3.63) is 52.4 Å². The first-order valence-electron chi connectivity index (χ1n) is 9.93. The van der Waals surface area contributed by atoms with Crippen LogP contribution in [0.5, 0.6) is 5.75 Å². The summed E-state index contributed by atoms with van der Waals surface area (Å²) in [7, 11) is 0. The molecule has 3 rings (SSSR count). The van der Waals surface area contributed by atoms with Crippen molar-refractivity contribution in [2.45, 2.75) is 59.3 Å². The number of rotatable bonds is 5. The Labute approximate surface area is 166 Å². The first-order chi connectivity index (χ1) is 13.2. The Morgan fingerprint density at radius 2 is 2.07 bits per heavy atom. The number of nitrogens with one attached hydrogen (secondary N) is 1. The van der Waals surface area contributed by atoms with Gasteiger partial charge in [-0.2, -0.15) is 0 Å². The first-order valence-corrected chi connectivity index (χ1v) is 9.93. The van der Waals surface area contributed by atoms with Crippen LogP contribution in [0.4, 0.5) is 0 Å². The largest absolute Gasteiger partial charge is 0.508 e. The molecule has 0 fully saturated rings. The van der Waals surface area contributed by atoms with E-state index in [1.165, 1.54) is 0 Å². The molecule has 2 aliphatic rings. The number of aromatic hydroxyl groups is 1. The second-order valence-electron chi connectivity index (χ2n) is 8.51. The predicted octanol–water partition coefficient (Wildman–Crippen LogP) is 4.34. The fraction of sp³-hybridized carbons (Fsp3) is 0.478. The van der Waals surface area contributed by atoms with Crippen LogP contribution in [-0.2, 0) is 14.3 Å². The number of allylic oxidation sites excluding steroid dienone is 3. The molecule has 1 aromatic rings.